The summed E-state index contributed by atoms with van der Waals surface area (Å²) in [5.74, 6) is -0.237. The molecule has 0 aromatic heterocycles. The molecule has 1 unspecified atom stereocenters. The van der Waals surface area contributed by atoms with Crippen molar-refractivity contribution in [3.8, 4) is 0 Å². The van der Waals surface area contributed by atoms with Gasteiger partial charge in [-0.2, -0.15) is 13.2 Å². The fraction of sp³-hybridized carbons (Fsp3) is 0.500. The fourth-order valence-electron chi connectivity index (χ4n) is 2.45. The van der Waals surface area contributed by atoms with Crippen molar-refractivity contribution < 1.29 is 18.0 Å². The van der Waals surface area contributed by atoms with Gasteiger partial charge in [-0.05, 0) is 44.1 Å². The number of amides is 1. The van der Waals surface area contributed by atoms with Gasteiger partial charge in [0.2, 0.25) is 0 Å². The number of likely N-dealkylation sites (tertiary alicyclic amines) is 1. The highest BCUT2D eigenvalue weighted by Gasteiger charge is 2.31. The highest BCUT2D eigenvalue weighted by molar-refractivity contribution is 5.99. The van der Waals surface area contributed by atoms with E-state index in [2.05, 4.69) is 10.2 Å². The first-order valence-corrected chi connectivity index (χ1v) is 6.71. The van der Waals surface area contributed by atoms with Gasteiger partial charge in [-0.3, -0.25) is 4.79 Å². The van der Waals surface area contributed by atoms with Crippen LogP contribution < -0.4 is 11.1 Å². The van der Waals surface area contributed by atoms with Crippen molar-refractivity contribution in [3.63, 3.8) is 0 Å². The molecule has 1 heterocycles. The number of hydrogen-bond donors (Lipinski definition) is 2. The molecule has 1 atom stereocenters. The standard InChI is InChI=1S/C14H18F3N3O/c1-20-5-4-9(8-20)7-19-13(21)11-6-10(14(15,16)17)2-3-12(11)18/h2-3,6,9H,4-5,7-8,18H2,1H3,(H,19,21). The largest absolute Gasteiger partial charge is 0.416 e. The van der Waals surface area contributed by atoms with E-state index in [0.717, 1.165) is 37.7 Å². The number of rotatable bonds is 3. The lowest BCUT2D eigenvalue weighted by Gasteiger charge is -2.14. The molecule has 1 aliphatic heterocycles. The monoisotopic (exact) mass is 301 g/mol. The normalized spacial score (nSPS) is 19.7. The summed E-state index contributed by atoms with van der Waals surface area (Å²) in [6.07, 6.45) is -3.52. The van der Waals surface area contributed by atoms with Gasteiger partial charge in [0.15, 0.2) is 0 Å². The first-order chi connectivity index (χ1) is 9.77. The van der Waals surface area contributed by atoms with E-state index >= 15 is 0 Å². The number of hydrogen-bond acceptors (Lipinski definition) is 3. The quantitative estimate of drug-likeness (QED) is 0.839. The molecule has 1 aromatic carbocycles. The molecule has 1 aromatic rings. The van der Waals surface area contributed by atoms with Gasteiger partial charge in [0.1, 0.15) is 0 Å². The molecule has 7 heteroatoms. The molecule has 0 spiro atoms. The van der Waals surface area contributed by atoms with Gasteiger partial charge >= 0.3 is 6.18 Å². The number of carbonyl (C=O) groups is 1. The van der Waals surface area contributed by atoms with E-state index in [9.17, 15) is 18.0 Å². The highest BCUT2D eigenvalue weighted by atomic mass is 19.4. The van der Waals surface area contributed by atoms with Gasteiger partial charge in [-0.25, -0.2) is 0 Å². The fourth-order valence-corrected chi connectivity index (χ4v) is 2.45. The van der Waals surface area contributed by atoms with E-state index in [4.69, 9.17) is 5.73 Å². The topological polar surface area (TPSA) is 58.4 Å². The second-order valence-corrected chi connectivity index (χ2v) is 5.43. The maximum Gasteiger partial charge on any atom is 0.416 e. The Bertz CT molecular complexity index is 531. The number of alkyl halides is 3. The minimum absolute atomic E-state index is 0.0454. The second kappa shape index (κ2) is 5.93. The number of nitrogens with one attached hydrogen (secondary N) is 1. The van der Waals surface area contributed by atoms with Gasteiger partial charge in [0.05, 0.1) is 11.1 Å². The van der Waals surface area contributed by atoms with E-state index in [1.54, 1.807) is 0 Å². The zero-order valence-electron chi connectivity index (χ0n) is 11.7. The molecule has 0 aliphatic carbocycles. The lowest BCUT2D eigenvalue weighted by atomic mass is 10.1. The molecular weight excluding hydrogens is 283 g/mol. The zero-order valence-corrected chi connectivity index (χ0v) is 11.7. The van der Waals surface area contributed by atoms with Crippen LogP contribution in [0.15, 0.2) is 18.2 Å². The van der Waals surface area contributed by atoms with E-state index in [1.807, 2.05) is 7.05 Å². The molecule has 1 saturated heterocycles. The summed E-state index contributed by atoms with van der Waals surface area (Å²) >= 11 is 0. The molecule has 0 radical (unpaired) electrons. The molecule has 2 rings (SSSR count). The minimum atomic E-state index is -4.49. The van der Waals surface area contributed by atoms with Crippen LogP contribution in [0.3, 0.4) is 0 Å². The van der Waals surface area contributed by atoms with Crippen molar-refractivity contribution in [2.75, 3.05) is 32.4 Å². The van der Waals surface area contributed by atoms with Crippen molar-refractivity contribution in [2.45, 2.75) is 12.6 Å². The van der Waals surface area contributed by atoms with Crippen molar-refractivity contribution in [1.82, 2.24) is 10.2 Å². The van der Waals surface area contributed by atoms with Gasteiger partial charge in [0.25, 0.3) is 5.91 Å². The third-order valence-electron chi connectivity index (χ3n) is 3.67. The van der Waals surface area contributed by atoms with Crippen LogP contribution in [-0.2, 0) is 6.18 Å². The summed E-state index contributed by atoms with van der Waals surface area (Å²) in [6.45, 7) is 2.28. The average molecular weight is 301 g/mol. The lowest BCUT2D eigenvalue weighted by molar-refractivity contribution is -0.137. The van der Waals surface area contributed by atoms with E-state index in [1.165, 1.54) is 0 Å². The van der Waals surface area contributed by atoms with Crippen LogP contribution in [0.1, 0.15) is 22.3 Å². The summed E-state index contributed by atoms with van der Waals surface area (Å²) in [5.41, 5.74) is 4.65. The van der Waals surface area contributed by atoms with Gasteiger partial charge in [-0.1, -0.05) is 0 Å². The van der Waals surface area contributed by atoms with Crippen molar-refractivity contribution >= 4 is 11.6 Å². The summed E-state index contributed by atoms with van der Waals surface area (Å²) in [5, 5.41) is 2.67. The first kappa shape index (κ1) is 15.6. The molecule has 21 heavy (non-hydrogen) atoms. The first-order valence-electron chi connectivity index (χ1n) is 6.71. The van der Waals surface area contributed by atoms with E-state index < -0.39 is 17.6 Å². The number of nitrogens with zero attached hydrogens (tertiary/aromatic N) is 1. The van der Waals surface area contributed by atoms with Crippen LogP contribution in [0.5, 0.6) is 0 Å². The predicted molar refractivity (Wildman–Crippen MR) is 73.8 cm³/mol. The molecule has 1 amide bonds. The molecule has 1 fully saturated rings. The highest BCUT2D eigenvalue weighted by Crippen LogP contribution is 2.31. The Labute approximate surface area is 121 Å². The Morgan fingerprint density at radius 2 is 2.19 bits per heavy atom. The maximum absolute atomic E-state index is 12.7. The summed E-state index contributed by atoms with van der Waals surface area (Å²) in [7, 11) is 1.99. The van der Waals surface area contributed by atoms with E-state index in [0.29, 0.717) is 12.5 Å². The maximum atomic E-state index is 12.7. The summed E-state index contributed by atoms with van der Waals surface area (Å²) in [4.78, 5) is 14.2. The Hall–Kier alpha value is -1.76. The number of nitrogen functional groups attached to an aromatic ring is 1. The molecule has 4 nitrogen and oxygen atoms in total. The van der Waals surface area contributed by atoms with Crippen LogP contribution in [0.2, 0.25) is 0 Å². The van der Waals surface area contributed by atoms with Crippen LogP contribution in [0, 0.1) is 5.92 Å². The third-order valence-corrected chi connectivity index (χ3v) is 3.67. The summed E-state index contributed by atoms with van der Waals surface area (Å²) in [6, 6.07) is 2.78. The van der Waals surface area contributed by atoms with Crippen LogP contribution >= 0.6 is 0 Å². The Morgan fingerprint density at radius 3 is 2.76 bits per heavy atom. The van der Waals surface area contributed by atoms with Gasteiger partial charge < -0.3 is 16.0 Å². The number of nitrogens with two attached hydrogens (primary N) is 1. The third kappa shape index (κ3) is 3.87. The Kier molecular flexibility index (Phi) is 4.41. The number of benzene rings is 1. The zero-order chi connectivity index (χ0) is 15.6. The van der Waals surface area contributed by atoms with Crippen LogP contribution in [0.4, 0.5) is 18.9 Å². The Morgan fingerprint density at radius 1 is 1.48 bits per heavy atom. The Balaban J connectivity index is 2.04. The number of anilines is 1. The predicted octanol–water partition coefficient (Wildman–Crippen LogP) is 1.97. The average Bonchev–Trinajstić information content (AvgIpc) is 2.81. The molecular formula is C14H18F3N3O. The second-order valence-electron chi connectivity index (χ2n) is 5.43. The molecule has 1 aliphatic rings. The molecule has 3 N–H and O–H groups in total. The number of halogens is 3. The molecule has 0 bridgehead atoms. The smallest absolute Gasteiger partial charge is 0.398 e. The van der Waals surface area contributed by atoms with Crippen molar-refractivity contribution in [2.24, 2.45) is 5.92 Å². The van der Waals surface area contributed by atoms with Crippen molar-refractivity contribution in [3.05, 3.63) is 29.3 Å². The molecule has 0 saturated carbocycles. The van der Waals surface area contributed by atoms with Crippen LogP contribution in [0.25, 0.3) is 0 Å². The van der Waals surface area contributed by atoms with E-state index in [-0.39, 0.29) is 11.3 Å². The molecule has 116 valence electrons. The minimum Gasteiger partial charge on any atom is -0.398 e. The lowest BCUT2D eigenvalue weighted by Crippen LogP contribution is -2.31. The van der Waals surface area contributed by atoms with Crippen molar-refractivity contribution in [1.29, 1.82) is 0 Å². The van der Waals surface area contributed by atoms with Gasteiger partial charge in [0, 0.05) is 18.8 Å². The SMILES string of the molecule is CN1CCC(CNC(=O)c2cc(C(F)(F)F)ccc2N)C1. The summed E-state index contributed by atoms with van der Waals surface area (Å²) < 4.78 is 38.0. The van der Waals surface area contributed by atoms with Crippen LogP contribution in [-0.4, -0.2) is 37.5 Å². The number of carbonyl (C=O) groups excluding carboxylic acids is 1. The van der Waals surface area contributed by atoms with Gasteiger partial charge in [-0.15, -0.1) is 0 Å².